The van der Waals surface area contributed by atoms with Crippen molar-refractivity contribution in [2.75, 3.05) is 0 Å². The highest BCUT2D eigenvalue weighted by molar-refractivity contribution is 5.77. The number of esters is 2. The number of hydrogen-bond acceptors (Lipinski definition) is 4. The van der Waals surface area contributed by atoms with E-state index >= 15 is 0 Å². The molecule has 0 spiro atoms. The van der Waals surface area contributed by atoms with Crippen molar-refractivity contribution >= 4 is 11.9 Å². The number of fused-ring (bicyclic) bond motifs is 2. The first kappa shape index (κ1) is 13.4. The minimum atomic E-state index is -0.647. The van der Waals surface area contributed by atoms with Crippen molar-refractivity contribution in [3.8, 4) is 0 Å². The highest BCUT2D eigenvalue weighted by Crippen LogP contribution is 2.43. The first-order valence-corrected chi connectivity index (χ1v) is 6.72. The Balaban J connectivity index is 2.09. The van der Waals surface area contributed by atoms with Crippen LogP contribution in [0.25, 0.3) is 0 Å². The van der Waals surface area contributed by atoms with Crippen molar-refractivity contribution < 1.29 is 19.1 Å². The molecule has 0 aromatic rings. The molecule has 2 rings (SSSR count). The van der Waals surface area contributed by atoms with Crippen LogP contribution in [0.15, 0.2) is 0 Å². The number of ether oxygens (including phenoxy) is 2. The Morgan fingerprint density at radius 3 is 2.83 bits per heavy atom. The molecule has 2 bridgehead atoms. The van der Waals surface area contributed by atoms with Gasteiger partial charge in [-0.2, -0.15) is 0 Å². The van der Waals surface area contributed by atoms with E-state index in [4.69, 9.17) is 9.47 Å². The van der Waals surface area contributed by atoms with Gasteiger partial charge < -0.3 is 9.47 Å². The first-order chi connectivity index (χ1) is 8.28. The van der Waals surface area contributed by atoms with Crippen molar-refractivity contribution in [1.29, 1.82) is 0 Å². The second kappa shape index (κ2) is 4.25. The average Bonchev–Trinajstić information content (AvgIpc) is 2.63. The fourth-order valence-electron chi connectivity index (χ4n) is 2.48. The Kier molecular flexibility index (Phi) is 3.16. The molecule has 3 unspecified atom stereocenters. The van der Waals surface area contributed by atoms with Crippen LogP contribution in [0.2, 0.25) is 0 Å². The third-order valence-corrected chi connectivity index (χ3v) is 4.52. The van der Waals surface area contributed by atoms with Crippen molar-refractivity contribution in [3.05, 3.63) is 0 Å². The van der Waals surface area contributed by atoms with Crippen molar-refractivity contribution in [2.24, 2.45) is 11.3 Å². The monoisotopic (exact) mass is 254 g/mol. The standard InChI is InChI=1S/C14H22O4/c1-5-13(2,3)12(16)18-14(4)7-6-9-8-10(14)17-11(9)15/h9-10H,5-8H2,1-4H3. The molecule has 4 nitrogen and oxygen atoms in total. The van der Waals surface area contributed by atoms with Crippen LogP contribution in [0.4, 0.5) is 0 Å². The maximum absolute atomic E-state index is 12.2. The van der Waals surface area contributed by atoms with Crippen LogP contribution in [0.3, 0.4) is 0 Å². The second-order valence-corrected chi connectivity index (χ2v) is 6.34. The van der Waals surface area contributed by atoms with E-state index in [0.29, 0.717) is 12.8 Å². The van der Waals surface area contributed by atoms with Gasteiger partial charge >= 0.3 is 11.9 Å². The Bertz CT molecular complexity index is 374. The Morgan fingerprint density at radius 2 is 2.22 bits per heavy atom. The SMILES string of the molecule is CCC(C)(C)C(=O)OC1(C)CCC2CC1OC2=O. The van der Waals surface area contributed by atoms with Gasteiger partial charge in [-0.25, -0.2) is 0 Å². The fourth-order valence-corrected chi connectivity index (χ4v) is 2.48. The maximum Gasteiger partial charge on any atom is 0.312 e. The summed E-state index contributed by atoms with van der Waals surface area (Å²) in [7, 11) is 0. The lowest BCUT2D eigenvalue weighted by molar-refractivity contribution is -0.186. The van der Waals surface area contributed by atoms with Gasteiger partial charge in [-0.3, -0.25) is 9.59 Å². The Morgan fingerprint density at radius 1 is 1.56 bits per heavy atom. The lowest BCUT2D eigenvalue weighted by Crippen LogP contribution is -2.47. The third kappa shape index (κ3) is 2.13. The van der Waals surface area contributed by atoms with E-state index < -0.39 is 11.0 Å². The van der Waals surface area contributed by atoms with Crippen LogP contribution in [0.1, 0.15) is 53.4 Å². The number of hydrogen-bond donors (Lipinski definition) is 0. The van der Waals surface area contributed by atoms with Crippen LogP contribution >= 0.6 is 0 Å². The van der Waals surface area contributed by atoms with Crippen molar-refractivity contribution in [2.45, 2.75) is 65.1 Å². The number of carbonyl (C=O) groups is 2. The van der Waals surface area contributed by atoms with E-state index in [9.17, 15) is 9.59 Å². The lowest BCUT2D eigenvalue weighted by atomic mass is 9.79. The average molecular weight is 254 g/mol. The summed E-state index contributed by atoms with van der Waals surface area (Å²) in [5.74, 6) is -0.315. The molecule has 2 fully saturated rings. The fraction of sp³-hybridized carbons (Fsp3) is 0.857. The molecule has 0 radical (unpaired) electrons. The zero-order valence-corrected chi connectivity index (χ0v) is 11.6. The highest BCUT2D eigenvalue weighted by Gasteiger charge is 2.53. The quantitative estimate of drug-likeness (QED) is 0.726. The molecule has 4 heteroatoms. The molecule has 0 N–H and O–H groups in total. The predicted molar refractivity (Wildman–Crippen MR) is 65.8 cm³/mol. The molecule has 1 heterocycles. The van der Waals surface area contributed by atoms with E-state index in [0.717, 1.165) is 12.8 Å². The Labute approximate surface area is 108 Å². The minimum absolute atomic E-state index is 0.0148. The second-order valence-electron chi connectivity index (χ2n) is 6.34. The molecule has 3 atom stereocenters. The molecule has 1 aliphatic heterocycles. The summed E-state index contributed by atoms with van der Waals surface area (Å²) in [5.41, 5.74) is -1.13. The summed E-state index contributed by atoms with van der Waals surface area (Å²) in [6.07, 6.45) is 2.62. The molecular weight excluding hydrogens is 232 g/mol. The molecular formula is C14H22O4. The summed E-state index contributed by atoms with van der Waals surface area (Å²) in [6.45, 7) is 7.61. The Hall–Kier alpha value is -1.06. The lowest BCUT2D eigenvalue weighted by Gasteiger charge is -2.38. The van der Waals surface area contributed by atoms with Crippen LogP contribution < -0.4 is 0 Å². The van der Waals surface area contributed by atoms with Crippen molar-refractivity contribution in [1.82, 2.24) is 0 Å². The topological polar surface area (TPSA) is 52.6 Å². The molecule has 0 amide bonds. The third-order valence-electron chi connectivity index (χ3n) is 4.52. The van der Waals surface area contributed by atoms with E-state index in [1.807, 2.05) is 27.7 Å². The molecule has 102 valence electrons. The van der Waals surface area contributed by atoms with Gasteiger partial charge in [-0.05, 0) is 40.0 Å². The zero-order valence-electron chi connectivity index (χ0n) is 11.6. The van der Waals surface area contributed by atoms with Gasteiger partial charge in [0, 0.05) is 6.42 Å². The van der Waals surface area contributed by atoms with E-state index in [-0.39, 0.29) is 24.0 Å². The predicted octanol–water partition coefficient (Wildman–Crippen LogP) is 2.45. The molecule has 18 heavy (non-hydrogen) atoms. The number of carbonyl (C=O) groups excluding carboxylic acids is 2. The van der Waals surface area contributed by atoms with Crippen LogP contribution in [0, 0.1) is 11.3 Å². The summed E-state index contributed by atoms with van der Waals surface area (Å²) in [6, 6.07) is 0. The van der Waals surface area contributed by atoms with Crippen LogP contribution in [0.5, 0.6) is 0 Å². The van der Waals surface area contributed by atoms with Gasteiger partial charge in [0.1, 0.15) is 11.7 Å². The molecule has 1 aliphatic carbocycles. The summed E-state index contributed by atoms with van der Waals surface area (Å²) in [4.78, 5) is 23.7. The zero-order chi connectivity index (χ0) is 13.6. The number of rotatable bonds is 3. The maximum atomic E-state index is 12.2. The summed E-state index contributed by atoms with van der Waals surface area (Å²) in [5, 5.41) is 0. The van der Waals surface area contributed by atoms with Gasteiger partial charge in [-0.1, -0.05) is 6.92 Å². The summed E-state index contributed by atoms with van der Waals surface area (Å²) >= 11 is 0. The molecule has 2 aliphatic rings. The molecule has 0 aromatic carbocycles. The molecule has 1 saturated heterocycles. The minimum Gasteiger partial charge on any atom is -0.458 e. The first-order valence-electron chi connectivity index (χ1n) is 6.72. The van der Waals surface area contributed by atoms with E-state index in [1.54, 1.807) is 0 Å². The largest absolute Gasteiger partial charge is 0.458 e. The smallest absolute Gasteiger partial charge is 0.312 e. The van der Waals surface area contributed by atoms with Crippen LogP contribution in [-0.4, -0.2) is 23.6 Å². The van der Waals surface area contributed by atoms with E-state index in [1.165, 1.54) is 0 Å². The summed E-state index contributed by atoms with van der Waals surface area (Å²) < 4.78 is 11.0. The molecule has 1 saturated carbocycles. The van der Waals surface area contributed by atoms with Crippen LogP contribution in [-0.2, 0) is 19.1 Å². The van der Waals surface area contributed by atoms with Gasteiger partial charge in [0.05, 0.1) is 11.3 Å². The van der Waals surface area contributed by atoms with Gasteiger partial charge in [0.25, 0.3) is 0 Å². The van der Waals surface area contributed by atoms with Gasteiger partial charge in [0.2, 0.25) is 0 Å². The highest BCUT2D eigenvalue weighted by atomic mass is 16.6. The van der Waals surface area contributed by atoms with Gasteiger partial charge in [-0.15, -0.1) is 0 Å². The molecule has 0 aromatic heterocycles. The normalized spacial score (nSPS) is 35.2. The van der Waals surface area contributed by atoms with E-state index in [2.05, 4.69) is 0 Å². The van der Waals surface area contributed by atoms with Gasteiger partial charge in [0.15, 0.2) is 0 Å². The van der Waals surface area contributed by atoms with Crippen molar-refractivity contribution in [3.63, 3.8) is 0 Å².